The molecule has 0 N–H and O–H groups in total. The zero-order valence-corrected chi connectivity index (χ0v) is 13.4. The Morgan fingerprint density at radius 3 is 2.36 bits per heavy atom. The first-order chi connectivity index (χ1) is 10.5. The SMILES string of the molecule is Cc1ccc(-n2nc(C)c(C(=O)N3CCC(C)CC3)n2)cc1. The van der Waals surface area contributed by atoms with Crippen molar-refractivity contribution in [1.29, 1.82) is 0 Å². The van der Waals surface area contributed by atoms with Crippen molar-refractivity contribution in [2.24, 2.45) is 5.92 Å². The van der Waals surface area contributed by atoms with Gasteiger partial charge in [-0.3, -0.25) is 4.79 Å². The average Bonchev–Trinajstić information content (AvgIpc) is 2.90. The van der Waals surface area contributed by atoms with Gasteiger partial charge in [0, 0.05) is 13.1 Å². The Morgan fingerprint density at radius 2 is 1.73 bits per heavy atom. The number of likely N-dealkylation sites (tertiary alicyclic amines) is 1. The molecule has 0 saturated carbocycles. The number of benzene rings is 1. The van der Waals surface area contributed by atoms with E-state index in [1.54, 1.807) is 4.80 Å². The van der Waals surface area contributed by atoms with Crippen LogP contribution >= 0.6 is 0 Å². The smallest absolute Gasteiger partial charge is 0.276 e. The highest BCUT2D eigenvalue weighted by Gasteiger charge is 2.25. The van der Waals surface area contributed by atoms with Crippen LogP contribution in [0.5, 0.6) is 0 Å². The minimum atomic E-state index is 0.00256. The largest absolute Gasteiger partial charge is 0.337 e. The molecule has 1 amide bonds. The molecule has 0 bridgehead atoms. The van der Waals surface area contributed by atoms with Crippen LogP contribution in [0.25, 0.3) is 5.69 Å². The van der Waals surface area contributed by atoms with E-state index in [0.29, 0.717) is 17.3 Å². The fraction of sp³-hybridized carbons (Fsp3) is 0.471. The first-order valence-electron chi connectivity index (χ1n) is 7.85. The molecule has 0 atom stereocenters. The summed E-state index contributed by atoms with van der Waals surface area (Å²) < 4.78 is 0. The third-order valence-electron chi connectivity index (χ3n) is 4.32. The minimum Gasteiger partial charge on any atom is -0.337 e. The van der Waals surface area contributed by atoms with Crippen molar-refractivity contribution in [2.45, 2.75) is 33.6 Å². The molecule has 1 aromatic carbocycles. The molecule has 1 aromatic heterocycles. The maximum atomic E-state index is 12.6. The second-order valence-electron chi connectivity index (χ2n) is 6.23. The molecule has 0 spiro atoms. The zero-order chi connectivity index (χ0) is 15.7. The van der Waals surface area contributed by atoms with Crippen molar-refractivity contribution in [3.63, 3.8) is 0 Å². The fourth-order valence-electron chi connectivity index (χ4n) is 2.73. The molecule has 1 fully saturated rings. The van der Waals surface area contributed by atoms with Crippen LogP contribution in [0, 0.1) is 19.8 Å². The zero-order valence-electron chi connectivity index (χ0n) is 13.4. The van der Waals surface area contributed by atoms with E-state index in [4.69, 9.17) is 0 Å². The van der Waals surface area contributed by atoms with E-state index in [1.165, 1.54) is 5.56 Å². The average molecular weight is 298 g/mol. The number of hydrogen-bond acceptors (Lipinski definition) is 3. The van der Waals surface area contributed by atoms with Gasteiger partial charge in [0.25, 0.3) is 5.91 Å². The van der Waals surface area contributed by atoms with Crippen molar-refractivity contribution < 1.29 is 4.79 Å². The lowest BCUT2D eigenvalue weighted by molar-refractivity contribution is 0.0690. The van der Waals surface area contributed by atoms with Crippen LogP contribution in [0.3, 0.4) is 0 Å². The van der Waals surface area contributed by atoms with E-state index in [2.05, 4.69) is 17.1 Å². The Bertz CT molecular complexity index is 666. The maximum absolute atomic E-state index is 12.6. The predicted octanol–water partition coefficient (Wildman–Crippen LogP) is 2.76. The quantitative estimate of drug-likeness (QED) is 0.856. The molecule has 1 saturated heterocycles. The van der Waals surface area contributed by atoms with Crippen LogP contribution in [0.2, 0.25) is 0 Å². The molecule has 0 unspecified atom stereocenters. The highest BCUT2D eigenvalue weighted by molar-refractivity contribution is 5.93. The van der Waals surface area contributed by atoms with Gasteiger partial charge in [-0.2, -0.15) is 9.90 Å². The van der Waals surface area contributed by atoms with E-state index in [1.807, 2.05) is 43.0 Å². The van der Waals surface area contributed by atoms with E-state index < -0.39 is 0 Å². The van der Waals surface area contributed by atoms with Crippen LogP contribution in [0.15, 0.2) is 24.3 Å². The molecule has 0 radical (unpaired) electrons. The van der Waals surface area contributed by atoms with E-state index in [-0.39, 0.29) is 5.91 Å². The van der Waals surface area contributed by atoms with Gasteiger partial charge in [-0.25, -0.2) is 0 Å². The third-order valence-corrected chi connectivity index (χ3v) is 4.32. The standard InChI is InChI=1S/C17H22N4O/c1-12-4-6-15(7-5-12)21-18-14(3)16(19-21)17(22)20-10-8-13(2)9-11-20/h4-7,13H,8-11H2,1-3H3. The monoisotopic (exact) mass is 298 g/mol. The number of nitrogens with zero attached hydrogens (tertiary/aromatic N) is 4. The summed E-state index contributed by atoms with van der Waals surface area (Å²) in [7, 11) is 0. The molecule has 1 aliphatic rings. The molecule has 5 heteroatoms. The Labute approximate surface area is 130 Å². The van der Waals surface area contributed by atoms with Crippen molar-refractivity contribution in [3.05, 3.63) is 41.2 Å². The number of rotatable bonds is 2. The molecular formula is C17H22N4O. The van der Waals surface area contributed by atoms with Crippen molar-refractivity contribution in [1.82, 2.24) is 19.9 Å². The van der Waals surface area contributed by atoms with Gasteiger partial charge in [0.1, 0.15) is 0 Å². The molecule has 1 aliphatic heterocycles. The number of carbonyl (C=O) groups is 1. The van der Waals surface area contributed by atoms with Gasteiger partial charge >= 0.3 is 0 Å². The van der Waals surface area contributed by atoms with Gasteiger partial charge in [-0.15, -0.1) is 5.10 Å². The first kappa shape index (κ1) is 14.8. The van der Waals surface area contributed by atoms with Crippen LogP contribution in [0.1, 0.15) is 41.5 Å². The van der Waals surface area contributed by atoms with Gasteiger partial charge in [0.05, 0.1) is 11.4 Å². The molecule has 2 aromatic rings. The van der Waals surface area contributed by atoms with Gasteiger partial charge in [0.15, 0.2) is 5.69 Å². The lowest BCUT2D eigenvalue weighted by Crippen LogP contribution is -2.38. The van der Waals surface area contributed by atoms with Crippen molar-refractivity contribution >= 4 is 5.91 Å². The fourth-order valence-corrected chi connectivity index (χ4v) is 2.73. The van der Waals surface area contributed by atoms with E-state index >= 15 is 0 Å². The first-order valence-corrected chi connectivity index (χ1v) is 7.85. The molecule has 116 valence electrons. The highest BCUT2D eigenvalue weighted by Crippen LogP contribution is 2.19. The van der Waals surface area contributed by atoms with Crippen LogP contribution in [-0.2, 0) is 0 Å². The minimum absolute atomic E-state index is 0.00256. The van der Waals surface area contributed by atoms with E-state index in [9.17, 15) is 4.79 Å². The molecule has 2 heterocycles. The van der Waals surface area contributed by atoms with Gasteiger partial charge < -0.3 is 4.90 Å². The molecule has 5 nitrogen and oxygen atoms in total. The number of hydrogen-bond donors (Lipinski definition) is 0. The second-order valence-corrected chi connectivity index (χ2v) is 6.23. The summed E-state index contributed by atoms with van der Waals surface area (Å²) in [5.74, 6) is 0.705. The molecule has 0 aliphatic carbocycles. The van der Waals surface area contributed by atoms with E-state index in [0.717, 1.165) is 31.6 Å². The van der Waals surface area contributed by atoms with Crippen LogP contribution < -0.4 is 0 Å². The number of carbonyl (C=O) groups excluding carboxylic acids is 1. The summed E-state index contributed by atoms with van der Waals surface area (Å²) in [6, 6.07) is 7.96. The Morgan fingerprint density at radius 1 is 1.09 bits per heavy atom. The van der Waals surface area contributed by atoms with Crippen molar-refractivity contribution in [3.8, 4) is 5.69 Å². The summed E-state index contributed by atoms with van der Waals surface area (Å²) in [5, 5.41) is 8.82. The number of aryl methyl sites for hydroxylation is 2. The summed E-state index contributed by atoms with van der Waals surface area (Å²) in [6.07, 6.45) is 2.13. The summed E-state index contributed by atoms with van der Waals surface area (Å²) in [5.41, 5.74) is 3.21. The summed E-state index contributed by atoms with van der Waals surface area (Å²) in [6.45, 7) is 7.75. The topological polar surface area (TPSA) is 51.0 Å². The Balaban J connectivity index is 1.83. The number of piperidine rings is 1. The highest BCUT2D eigenvalue weighted by atomic mass is 16.2. The molecule has 3 rings (SSSR count). The van der Waals surface area contributed by atoms with Crippen LogP contribution in [-0.4, -0.2) is 38.9 Å². The number of aromatic nitrogens is 3. The summed E-state index contributed by atoms with van der Waals surface area (Å²) in [4.78, 5) is 16.1. The van der Waals surface area contributed by atoms with Gasteiger partial charge in [-0.05, 0) is 44.7 Å². The second kappa shape index (κ2) is 5.91. The maximum Gasteiger partial charge on any atom is 0.276 e. The van der Waals surface area contributed by atoms with Gasteiger partial charge in [-0.1, -0.05) is 24.6 Å². The summed E-state index contributed by atoms with van der Waals surface area (Å²) >= 11 is 0. The van der Waals surface area contributed by atoms with Gasteiger partial charge in [0.2, 0.25) is 0 Å². The van der Waals surface area contributed by atoms with Crippen LogP contribution in [0.4, 0.5) is 0 Å². The molecular weight excluding hydrogens is 276 g/mol. The lowest BCUT2D eigenvalue weighted by Gasteiger charge is -2.29. The predicted molar refractivity (Wildman–Crippen MR) is 85.1 cm³/mol. The lowest BCUT2D eigenvalue weighted by atomic mass is 9.99. The third kappa shape index (κ3) is 2.89. The van der Waals surface area contributed by atoms with Crippen molar-refractivity contribution in [2.75, 3.05) is 13.1 Å². The Kier molecular flexibility index (Phi) is 3.96. The Hall–Kier alpha value is -2.17. The number of amides is 1. The molecule has 22 heavy (non-hydrogen) atoms. The normalized spacial score (nSPS) is 16.0.